The van der Waals surface area contributed by atoms with Crippen molar-refractivity contribution in [1.29, 1.82) is 0 Å². The van der Waals surface area contributed by atoms with E-state index in [1.807, 2.05) is 36.4 Å². The second-order valence-electron chi connectivity index (χ2n) is 4.53. The van der Waals surface area contributed by atoms with Crippen molar-refractivity contribution >= 4 is 16.6 Å². The van der Waals surface area contributed by atoms with Crippen molar-refractivity contribution in [3.05, 3.63) is 66.1 Å². The number of nitrogen functional groups attached to an aromatic ring is 1. The molecule has 1 unspecified atom stereocenters. The minimum absolute atomic E-state index is 0.284. The minimum Gasteiger partial charge on any atom is -0.398 e. The maximum atomic E-state index is 5.98. The molecular formula is C15H15N5. The Labute approximate surface area is 116 Å². The first kappa shape index (κ1) is 12.5. The molecular weight excluding hydrogens is 250 g/mol. The lowest BCUT2D eigenvalue weighted by atomic mass is 10.0. The van der Waals surface area contributed by atoms with Crippen molar-refractivity contribution in [2.24, 2.45) is 5.84 Å². The summed E-state index contributed by atoms with van der Waals surface area (Å²) in [4.78, 5) is 8.74. The van der Waals surface area contributed by atoms with Gasteiger partial charge in [-0.1, -0.05) is 24.3 Å². The molecule has 0 fully saturated rings. The molecule has 2 aromatic heterocycles. The van der Waals surface area contributed by atoms with Gasteiger partial charge in [0.15, 0.2) is 0 Å². The monoisotopic (exact) mass is 265 g/mol. The summed E-state index contributed by atoms with van der Waals surface area (Å²) in [6, 6.07) is 13.4. The van der Waals surface area contributed by atoms with Gasteiger partial charge < -0.3 is 5.73 Å². The Kier molecular flexibility index (Phi) is 3.28. The fourth-order valence-electron chi connectivity index (χ4n) is 2.24. The number of hydrogen-bond donors (Lipinski definition) is 3. The quantitative estimate of drug-likeness (QED) is 0.496. The summed E-state index contributed by atoms with van der Waals surface area (Å²) in [5.41, 5.74) is 11.9. The number of nitrogens with two attached hydrogens (primary N) is 2. The third-order valence-corrected chi connectivity index (χ3v) is 3.28. The van der Waals surface area contributed by atoms with Gasteiger partial charge in [-0.2, -0.15) is 0 Å². The zero-order chi connectivity index (χ0) is 13.9. The van der Waals surface area contributed by atoms with Crippen LogP contribution in [-0.2, 0) is 0 Å². The van der Waals surface area contributed by atoms with E-state index in [2.05, 4.69) is 15.4 Å². The van der Waals surface area contributed by atoms with Gasteiger partial charge in [-0.25, -0.2) is 5.43 Å². The van der Waals surface area contributed by atoms with Crippen LogP contribution >= 0.6 is 0 Å². The first-order valence-corrected chi connectivity index (χ1v) is 6.31. The lowest BCUT2D eigenvalue weighted by Gasteiger charge is -2.17. The molecule has 3 aromatic rings. The topological polar surface area (TPSA) is 89.8 Å². The maximum absolute atomic E-state index is 5.98. The van der Waals surface area contributed by atoms with Crippen LogP contribution in [0, 0.1) is 0 Å². The molecule has 3 rings (SSSR count). The third kappa shape index (κ3) is 2.20. The molecule has 0 bridgehead atoms. The molecule has 0 saturated heterocycles. The van der Waals surface area contributed by atoms with E-state index in [1.54, 1.807) is 18.5 Å². The van der Waals surface area contributed by atoms with Crippen molar-refractivity contribution < 1.29 is 0 Å². The van der Waals surface area contributed by atoms with Gasteiger partial charge in [-0.15, -0.1) is 0 Å². The van der Waals surface area contributed by atoms with E-state index in [0.29, 0.717) is 5.69 Å². The van der Waals surface area contributed by atoms with Gasteiger partial charge in [0, 0.05) is 29.0 Å². The largest absolute Gasteiger partial charge is 0.398 e. The molecule has 0 saturated carbocycles. The normalized spacial score (nSPS) is 12.4. The van der Waals surface area contributed by atoms with Gasteiger partial charge >= 0.3 is 0 Å². The van der Waals surface area contributed by atoms with E-state index >= 15 is 0 Å². The fraction of sp³-hybridized carbons (Fsp3) is 0.0667. The van der Waals surface area contributed by atoms with E-state index < -0.39 is 0 Å². The molecule has 0 radical (unpaired) electrons. The smallest absolute Gasteiger partial charge is 0.0916 e. The van der Waals surface area contributed by atoms with Gasteiger partial charge in [-0.3, -0.25) is 15.8 Å². The number of aromatic nitrogens is 2. The zero-order valence-corrected chi connectivity index (χ0v) is 10.8. The van der Waals surface area contributed by atoms with Crippen LogP contribution in [-0.4, -0.2) is 9.97 Å². The molecule has 5 nitrogen and oxygen atoms in total. The average Bonchev–Trinajstić information content (AvgIpc) is 2.50. The number of rotatable bonds is 3. The Bertz CT molecular complexity index is 741. The van der Waals surface area contributed by atoms with Crippen LogP contribution in [0.3, 0.4) is 0 Å². The Morgan fingerprint density at radius 3 is 2.70 bits per heavy atom. The highest BCUT2D eigenvalue weighted by molar-refractivity contribution is 5.78. The van der Waals surface area contributed by atoms with Crippen LogP contribution in [0.1, 0.15) is 17.3 Å². The average molecular weight is 265 g/mol. The molecule has 100 valence electrons. The molecule has 0 amide bonds. The lowest BCUT2D eigenvalue weighted by molar-refractivity contribution is 0.622. The number of para-hydroxylation sites is 1. The van der Waals surface area contributed by atoms with Crippen molar-refractivity contribution in [2.45, 2.75) is 6.04 Å². The molecule has 5 heteroatoms. The van der Waals surface area contributed by atoms with E-state index in [9.17, 15) is 0 Å². The number of fused-ring (bicyclic) bond motifs is 1. The molecule has 5 N–H and O–H groups in total. The first-order chi connectivity index (χ1) is 9.79. The summed E-state index contributed by atoms with van der Waals surface area (Å²) < 4.78 is 0. The number of hydrazine groups is 1. The molecule has 1 atom stereocenters. The Hall–Kier alpha value is -2.50. The van der Waals surface area contributed by atoms with Gasteiger partial charge in [0.25, 0.3) is 0 Å². The van der Waals surface area contributed by atoms with E-state index in [4.69, 9.17) is 11.6 Å². The zero-order valence-electron chi connectivity index (χ0n) is 10.8. The van der Waals surface area contributed by atoms with Crippen molar-refractivity contribution in [3.8, 4) is 0 Å². The predicted molar refractivity (Wildman–Crippen MR) is 79.6 cm³/mol. The SMILES string of the molecule is NNC(c1ccc2ccccc2n1)c1cnccc1N. The van der Waals surface area contributed by atoms with Crippen molar-refractivity contribution in [1.82, 2.24) is 15.4 Å². The lowest BCUT2D eigenvalue weighted by Crippen LogP contribution is -2.30. The standard InChI is InChI=1S/C15H15N5/c16-12-7-8-18-9-11(12)15(20-17)14-6-5-10-3-1-2-4-13(10)19-14/h1-9,15,20H,17H2,(H2,16,18). The highest BCUT2D eigenvalue weighted by Crippen LogP contribution is 2.25. The minimum atomic E-state index is -0.284. The van der Waals surface area contributed by atoms with Crippen LogP contribution in [0.4, 0.5) is 5.69 Å². The number of anilines is 1. The third-order valence-electron chi connectivity index (χ3n) is 3.28. The van der Waals surface area contributed by atoms with Gasteiger partial charge in [0.2, 0.25) is 0 Å². The summed E-state index contributed by atoms with van der Waals surface area (Å²) >= 11 is 0. The highest BCUT2D eigenvalue weighted by Gasteiger charge is 2.17. The number of nitrogens with zero attached hydrogens (tertiary/aromatic N) is 2. The predicted octanol–water partition coefficient (Wildman–Crippen LogP) is 1.76. The van der Waals surface area contributed by atoms with Crippen LogP contribution in [0.5, 0.6) is 0 Å². The molecule has 0 aliphatic carbocycles. The molecule has 0 spiro atoms. The second kappa shape index (κ2) is 5.24. The second-order valence-corrected chi connectivity index (χ2v) is 4.53. The summed E-state index contributed by atoms with van der Waals surface area (Å²) in [6.07, 6.45) is 3.36. The van der Waals surface area contributed by atoms with Crippen LogP contribution in [0.2, 0.25) is 0 Å². The van der Waals surface area contributed by atoms with Crippen molar-refractivity contribution in [2.75, 3.05) is 5.73 Å². The maximum Gasteiger partial charge on any atom is 0.0916 e. The van der Waals surface area contributed by atoms with E-state index in [1.165, 1.54) is 0 Å². The number of benzene rings is 1. The fourth-order valence-corrected chi connectivity index (χ4v) is 2.24. The van der Waals surface area contributed by atoms with E-state index in [0.717, 1.165) is 22.2 Å². The van der Waals surface area contributed by atoms with Gasteiger partial charge in [0.1, 0.15) is 0 Å². The Morgan fingerprint density at radius 1 is 1.05 bits per heavy atom. The Balaban J connectivity index is 2.10. The molecule has 2 heterocycles. The van der Waals surface area contributed by atoms with E-state index in [-0.39, 0.29) is 6.04 Å². The number of hydrogen-bond acceptors (Lipinski definition) is 5. The molecule has 0 aliphatic heterocycles. The molecule has 0 aliphatic rings. The first-order valence-electron chi connectivity index (χ1n) is 6.31. The summed E-state index contributed by atoms with van der Waals surface area (Å²) in [5, 5.41) is 1.09. The van der Waals surface area contributed by atoms with Gasteiger partial charge in [0.05, 0.1) is 17.3 Å². The Morgan fingerprint density at radius 2 is 1.90 bits per heavy atom. The summed E-state index contributed by atoms with van der Waals surface area (Å²) in [6.45, 7) is 0. The van der Waals surface area contributed by atoms with Crippen LogP contribution in [0.25, 0.3) is 10.9 Å². The summed E-state index contributed by atoms with van der Waals surface area (Å²) in [5.74, 6) is 5.68. The highest BCUT2D eigenvalue weighted by atomic mass is 15.2. The molecule has 20 heavy (non-hydrogen) atoms. The van der Waals surface area contributed by atoms with Crippen molar-refractivity contribution in [3.63, 3.8) is 0 Å². The number of nitrogens with one attached hydrogen (secondary N) is 1. The molecule has 1 aromatic carbocycles. The van der Waals surface area contributed by atoms with Crippen LogP contribution in [0.15, 0.2) is 54.9 Å². The number of pyridine rings is 2. The van der Waals surface area contributed by atoms with Gasteiger partial charge in [-0.05, 0) is 18.2 Å². The summed E-state index contributed by atoms with van der Waals surface area (Å²) in [7, 11) is 0. The van der Waals surface area contributed by atoms with Crippen LogP contribution < -0.4 is 17.0 Å².